The van der Waals surface area contributed by atoms with Crippen molar-refractivity contribution in [1.29, 1.82) is 0 Å². The first-order chi connectivity index (χ1) is 10.9. The molecule has 7 heteroatoms. The molecule has 0 radical (unpaired) electrons. The SMILES string of the molecule is COC(=O)[C@H](C)C[C@@H](NC(=O)Cc1cccc(F)c1)C(=O)OC. The van der Waals surface area contributed by atoms with E-state index >= 15 is 0 Å². The summed E-state index contributed by atoms with van der Waals surface area (Å²) in [7, 11) is 2.44. The number of nitrogens with one attached hydrogen (secondary N) is 1. The zero-order valence-electron chi connectivity index (χ0n) is 13.3. The molecule has 23 heavy (non-hydrogen) atoms. The van der Waals surface area contributed by atoms with Crippen molar-refractivity contribution < 1.29 is 28.2 Å². The van der Waals surface area contributed by atoms with E-state index in [0.29, 0.717) is 5.56 Å². The molecule has 0 aliphatic carbocycles. The van der Waals surface area contributed by atoms with Crippen LogP contribution in [0.25, 0.3) is 0 Å². The van der Waals surface area contributed by atoms with Gasteiger partial charge in [0.2, 0.25) is 5.91 Å². The van der Waals surface area contributed by atoms with E-state index in [2.05, 4.69) is 14.8 Å². The minimum atomic E-state index is -0.977. The molecular weight excluding hydrogens is 305 g/mol. The molecular formula is C16H20FNO5. The van der Waals surface area contributed by atoms with Gasteiger partial charge in [0.05, 0.1) is 26.6 Å². The molecule has 0 saturated heterocycles. The molecule has 0 heterocycles. The summed E-state index contributed by atoms with van der Waals surface area (Å²) < 4.78 is 22.3. The molecule has 1 N–H and O–H groups in total. The van der Waals surface area contributed by atoms with Gasteiger partial charge in [-0.05, 0) is 24.1 Å². The number of hydrogen-bond acceptors (Lipinski definition) is 5. The molecule has 0 unspecified atom stereocenters. The molecule has 1 amide bonds. The minimum absolute atomic E-state index is 0.0498. The third-order valence-corrected chi connectivity index (χ3v) is 3.27. The normalized spacial score (nSPS) is 12.9. The molecule has 0 aliphatic heterocycles. The largest absolute Gasteiger partial charge is 0.469 e. The summed E-state index contributed by atoms with van der Waals surface area (Å²) >= 11 is 0. The predicted octanol–water partition coefficient (Wildman–Crippen LogP) is 1.23. The van der Waals surface area contributed by atoms with Crippen molar-refractivity contribution in [2.75, 3.05) is 14.2 Å². The van der Waals surface area contributed by atoms with E-state index in [9.17, 15) is 18.8 Å². The van der Waals surface area contributed by atoms with E-state index in [1.807, 2.05) is 0 Å². The van der Waals surface area contributed by atoms with E-state index in [0.717, 1.165) is 0 Å². The number of hydrogen-bond donors (Lipinski definition) is 1. The van der Waals surface area contributed by atoms with Gasteiger partial charge in [-0.1, -0.05) is 19.1 Å². The highest BCUT2D eigenvalue weighted by Gasteiger charge is 2.27. The lowest BCUT2D eigenvalue weighted by molar-refractivity contribution is -0.148. The Labute approximate surface area is 134 Å². The van der Waals surface area contributed by atoms with Crippen molar-refractivity contribution >= 4 is 17.8 Å². The van der Waals surface area contributed by atoms with Crippen LogP contribution in [0, 0.1) is 11.7 Å². The highest BCUT2D eigenvalue weighted by molar-refractivity contribution is 5.86. The second-order valence-corrected chi connectivity index (χ2v) is 5.11. The number of methoxy groups -OCH3 is 2. The third-order valence-electron chi connectivity index (χ3n) is 3.27. The second-order valence-electron chi connectivity index (χ2n) is 5.11. The maximum Gasteiger partial charge on any atom is 0.328 e. The van der Waals surface area contributed by atoms with Gasteiger partial charge in [0.25, 0.3) is 0 Å². The van der Waals surface area contributed by atoms with Gasteiger partial charge < -0.3 is 14.8 Å². The van der Waals surface area contributed by atoms with Crippen molar-refractivity contribution in [1.82, 2.24) is 5.32 Å². The number of amides is 1. The van der Waals surface area contributed by atoms with E-state index in [1.54, 1.807) is 13.0 Å². The summed E-state index contributed by atoms with van der Waals surface area (Å²) in [5, 5.41) is 2.50. The molecule has 126 valence electrons. The van der Waals surface area contributed by atoms with Gasteiger partial charge in [-0.3, -0.25) is 9.59 Å². The van der Waals surface area contributed by atoms with Crippen LogP contribution in [0.15, 0.2) is 24.3 Å². The maximum absolute atomic E-state index is 13.1. The van der Waals surface area contributed by atoms with Gasteiger partial charge >= 0.3 is 11.9 Å². The van der Waals surface area contributed by atoms with Crippen LogP contribution in [0.2, 0.25) is 0 Å². The number of halogens is 1. The topological polar surface area (TPSA) is 81.7 Å². The average molecular weight is 325 g/mol. The number of rotatable bonds is 7. The van der Waals surface area contributed by atoms with Gasteiger partial charge in [0.1, 0.15) is 11.9 Å². The summed E-state index contributed by atoms with van der Waals surface area (Å²) in [6, 6.07) is 4.64. The molecule has 0 aromatic heterocycles. The Morgan fingerprint density at radius 1 is 1.17 bits per heavy atom. The number of carbonyl (C=O) groups is 3. The Balaban J connectivity index is 2.71. The van der Waals surface area contributed by atoms with Crippen LogP contribution in [0.5, 0.6) is 0 Å². The molecule has 0 bridgehead atoms. The second kappa shape index (κ2) is 8.87. The minimum Gasteiger partial charge on any atom is -0.469 e. The molecule has 1 aromatic rings. The number of ether oxygens (including phenoxy) is 2. The highest BCUT2D eigenvalue weighted by Crippen LogP contribution is 2.10. The zero-order chi connectivity index (χ0) is 17.4. The lowest BCUT2D eigenvalue weighted by Gasteiger charge is -2.19. The first-order valence-corrected chi connectivity index (χ1v) is 7.06. The Hall–Kier alpha value is -2.44. The zero-order valence-corrected chi connectivity index (χ0v) is 13.3. The monoisotopic (exact) mass is 325 g/mol. The van der Waals surface area contributed by atoms with Gasteiger partial charge in [-0.25, -0.2) is 9.18 Å². The van der Waals surface area contributed by atoms with Gasteiger partial charge in [-0.15, -0.1) is 0 Å². The predicted molar refractivity (Wildman–Crippen MR) is 79.8 cm³/mol. The molecule has 0 fully saturated rings. The van der Waals surface area contributed by atoms with Crippen LogP contribution >= 0.6 is 0 Å². The van der Waals surface area contributed by atoms with Crippen molar-refractivity contribution in [3.05, 3.63) is 35.6 Å². The molecule has 0 aliphatic rings. The first-order valence-electron chi connectivity index (χ1n) is 7.06. The summed E-state index contributed by atoms with van der Waals surface area (Å²) in [5.74, 6) is -2.65. The van der Waals surface area contributed by atoms with Gasteiger partial charge in [0, 0.05) is 0 Å². The van der Waals surface area contributed by atoms with E-state index < -0.39 is 35.6 Å². The third kappa shape index (κ3) is 6.06. The van der Waals surface area contributed by atoms with Crippen molar-refractivity contribution in [2.45, 2.75) is 25.8 Å². The summed E-state index contributed by atoms with van der Waals surface area (Å²) in [5.41, 5.74) is 0.479. The van der Waals surface area contributed by atoms with Gasteiger partial charge in [-0.2, -0.15) is 0 Å². The smallest absolute Gasteiger partial charge is 0.328 e. The van der Waals surface area contributed by atoms with Crippen molar-refractivity contribution in [2.24, 2.45) is 5.92 Å². The molecule has 0 spiro atoms. The van der Waals surface area contributed by atoms with Crippen LogP contribution in [0.3, 0.4) is 0 Å². The van der Waals surface area contributed by atoms with Crippen LogP contribution in [-0.4, -0.2) is 38.1 Å². The van der Waals surface area contributed by atoms with E-state index in [1.165, 1.54) is 32.4 Å². The van der Waals surface area contributed by atoms with Gasteiger partial charge in [0.15, 0.2) is 0 Å². The van der Waals surface area contributed by atoms with E-state index in [4.69, 9.17) is 0 Å². The van der Waals surface area contributed by atoms with E-state index in [-0.39, 0.29) is 12.8 Å². The highest BCUT2D eigenvalue weighted by atomic mass is 19.1. The van der Waals surface area contributed by atoms with Crippen LogP contribution < -0.4 is 5.32 Å². The van der Waals surface area contributed by atoms with Crippen molar-refractivity contribution in [3.8, 4) is 0 Å². The quantitative estimate of drug-likeness (QED) is 0.763. The Kier molecular flexibility index (Phi) is 7.18. The van der Waals surface area contributed by atoms with Crippen LogP contribution in [-0.2, 0) is 30.3 Å². The molecule has 2 atom stereocenters. The number of benzene rings is 1. The lowest BCUT2D eigenvalue weighted by Crippen LogP contribution is -2.44. The van der Waals surface area contributed by atoms with Crippen molar-refractivity contribution in [3.63, 3.8) is 0 Å². The molecule has 0 saturated carbocycles. The fraction of sp³-hybridized carbons (Fsp3) is 0.438. The Bertz CT molecular complexity index is 575. The molecule has 1 aromatic carbocycles. The fourth-order valence-corrected chi connectivity index (χ4v) is 2.08. The Morgan fingerprint density at radius 3 is 2.39 bits per heavy atom. The standard InChI is InChI=1S/C16H20FNO5/c1-10(15(20)22-2)7-13(16(21)23-3)18-14(19)9-11-5-4-6-12(17)8-11/h4-6,8,10,13H,7,9H2,1-3H3,(H,18,19)/t10-,13-/m1/s1. The Morgan fingerprint density at radius 2 is 1.83 bits per heavy atom. The summed E-state index contributed by atoms with van der Waals surface area (Å²) in [6.45, 7) is 1.58. The van der Waals surface area contributed by atoms with Crippen LogP contribution in [0.4, 0.5) is 4.39 Å². The molecule has 6 nitrogen and oxygen atoms in total. The van der Waals surface area contributed by atoms with Crippen LogP contribution in [0.1, 0.15) is 18.9 Å². The number of esters is 2. The molecule has 1 rings (SSSR count). The average Bonchev–Trinajstić information content (AvgIpc) is 2.52. The lowest BCUT2D eigenvalue weighted by atomic mass is 10.0. The maximum atomic E-state index is 13.1. The fourth-order valence-electron chi connectivity index (χ4n) is 2.08. The number of carbonyl (C=O) groups excluding carboxylic acids is 3. The summed E-state index contributed by atoms with van der Waals surface area (Å²) in [4.78, 5) is 35.2. The summed E-state index contributed by atoms with van der Waals surface area (Å²) in [6.07, 6.45) is -0.0356. The first kappa shape index (κ1) is 18.6.